The highest BCUT2D eigenvalue weighted by Crippen LogP contribution is 2.19. The van der Waals surface area contributed by atoms with Gasteiger partial charge in [0.2, 0.25) is 0 Å². The zero-order valence-corrected chi connectivity index (χ0v) is 12.1. The molecule has 0 atom stereocenters. The van der Waals surface area contributed by atoms with Crippen LogP contribution in [0.2, 0.25) is 0 Å². The van der Waals surface area contributed by atoms with E-state index in [-0.39, 0.29) is 5.82 Å². The van der Waals surface area contributed by atoms with Crippen LogP contribution >= 0.6 is 0 Å². The molecule has 0 fully saturated rings. The van der Waals surface area contributed by atoms with Gasteiger partial charge in [-0.3, -0.25) is 4.79 Å². The number of aromatic nitrogens is 2. The smallest absolute Gasteiger partial charge is 0.157 e. The van der Waals surface area contributed by atoms with Gasteiger partial charge in [-0.2, -0.15) is 0 Å². The normalized spacial score (nSPS) is 9.47. The van der Waals surface area contributed by atoms with Gasteiger partial charge < -0.3 is 16.4 Å². The van der Waals surface area contributed by atoms with E-state index in [1.165, 1.54) is 6.33 Å². The van der Waals surface area contributed by atoms with E-state index in [4.69, 9.17) is 11.5 Å². The molecule has 0 spiro atoms. The van der Waals surface area contributed by atoms with Gasteiger partial charge in [0.1, 0.15) is 18.0 Å². The second-order valence-electron chi connectivity index (χ2n) is 3.74. The molecule has 0 amide bonds. The first-order valence-electron chi connectivity index (χ1n) is 6.75. The summed E-state index contributed by atoms with van der Waals surface area (Å²) in [5.41, 5.74) is 11.6. The summed E-state index contributed by atoms with van der Waals surface area (Å²) < 4.78 is 0. The van der Waals surface area contributed by atoms with Crippen molar-refractivity contribution in [3.05, 3.63) is 11.9 Å². The molecule has 6 nitrogen and oxygen atoms in total. The Hall–Kier alpha value is -1.69. The average molecular weight is 267 g/mol. The number of carbonyl (C=O) groups excluding carboxylic acids is 1. The molecule has 0 aromatic carbocycles. The lowest BCUT2D eigenvalue weighted by Gasteiger charge is -2.24. The first kappa shape index (κ1) is 17.3. The predicted molar refractivity (Wildman–Crippen MR) is 79.4 cm³/mol. The Morgan fingerprint density at radius 2 is 2.00 bits per heavy atom. The van der Waals surface area contributed by atoms with Crippen molar-refractivity contribution in [2.75, 3.05) is 30.3 Å². The van der Waals surface area contributed by atoms with Crippen LogP contribution in [0, 0.1) is 0 Å². The van der Waals surface area contributed by atoms with Gasteiger partial charge in [0.05, 0.1) is 5.56 Å². The van der Waals surface area contributed by atoms with Gasteiger partial charge in [0.25, 0.3) is 0 Å². The van der Waals surface area contributed by atoms with Crippen molar-refractivity contribution in [3.63, 3.8) is 0 Å². The van der Waals surface area contributed by atoms with Gasteiger partial charge in [-0.25, -0.2) is 9.97 Å². The van der Waals surface area contributed by atoms with Crippen LogP contribution in [0.3, 0.4) is 0 Å². The zero-order chi connectivity index (χ0) is 14.7. The fourth-order valence-electron chi connectivity index (χ4n) is 1.59. The molecule has 0 unspecified atom stereocenters. The quantitative estimate of drug-likeness (QED) is 0.726. The highest BCUT2D eigenvalue weighted by Gasteiger charge is 2.14. The van der Waals surface area contributed by atoms with Crippen molar-refractivity contribution in [2.45, 2.75) is 33.6 Å². The molecule has 0 radical (unpaired) electrons. The lowest BCUT2D eigenvalue weighted by atomic mass is 10.2. The number of aldehydes is 1. The van der Waals surface area contributed by atoms with Crippen LogP contribution in [-0.4, -0.2) is 35.9 Å². The number of anilines is 2. The maximum Gasteiger partial charge on any atom is 0.157 e. The summed E-state index contributed by atoms with van der Waals surface area (Å²) in [5.74, 6) is 0.787. The molecule has 6 heteroatoms. The summed E-state index contributed by atoms with van der Waals surface area (Å²) in [6.07, 6.45) is 4.15. The molecule has 0 aliphatic rings. The lowest BCUT2D eigenvalue weighted by molar-refractivity contribution is 0.112. The van der Waals surface area contributed by atoms with Crippen molar-refractivity contribution in [2.24, 2.45) is 5.73 Å². The first-order chi connectivity index (χ1) is 9.24. The SMILES string of the molecule is CC.CCCCN(CCN)c1ncnc(N)c1C=O. The summed E-state index contributed by atoms with van der Waals surface area (Å²) in [6, 6.07) is 0. The minimum Gasteiger partial charge on any atom is -0.383 e. The highest BCUT2D eigenvalue weighted by molar-refractivity contribution is 5.88. The van der Waals surface area contributed by atoms with Crippen molar-refractivity contribution in [1.82, 2.24) is 9.97 Å². The number of nitrogens with zero attached hydrogens (tertiary/aromatic N) is 3. The molecule has 1 rings (SSSR count). The van der Waals surface area contributed by atoms with Gasteiger partial charge in [0.15, 0.2) is 6.29 Å². The lowest BCUT2D eigenvalue weighted by Crippen LogP contribution is -2.32. The minimum absolute atomic E-state index is 0.212. The molecule has 0 saturated carbocycles. The second kappa shape index (κ2) is 10.3. The third-order valence-corrected chi connectivity index (χ3v) is 2.49. The van der Waals surface area contributed by atoms with Crippen molar-refractivity contribution < 1.29 is 4.79 Å². The van der Waals surface area contributed by atoms with Crippen LogP contribution in [0.15, 0.2) is 6.33 Å². The van der Waals surface area contributed by atoms with E-state index >= 15 is 0 Å². The van der Waals surface area contributed by atoms with E-state index in [1.807, 2.05) is 18.7 Å². The Balaban J connectivity index is 0.00000154. The molecule has 19 heavy (non-hydrogen) atoms. The topological polar surface area (TPSA) is 98.1 Å². The molecule has 1 heterocycles. The molecule has 0 bridgehead atoms. The summed E-state index contributed by atoms with van der Waals surface area (Å²) >= 11 is 0. The van der Waals surface area contributed by atoms with E-state index in [0.29, 0.717) is 30.8 Å². The first-order valence-corrected chi connectivity index (χ1v) is 6.75. The average Bonchev–Trinajstić information content (AvgIpc) is 2.45. The fraction of sp³-hybridized carbons (Fsp3) is 0.615. The molecule has 0 aliphatic carbocycles. The molecular formula is C13H25N5O. The number of hydrogen-bond donors (Lipinski definition) is 2. The van der Waals surface area contributed by atoms with Crippen LogP contribution in [0.25, 0.3) is 0 Å². The summed E-state index contributed by atoms with van der Waals surface area (Å²) in [5, 5.41) is 0. The molecule has 1 aromatic heterocycles. The monoisotopic (exact) mass is 267 g/mol. The molecule has 0 aliphatic heterocycles. The standard InChI is InChI=1S/C11H19N5O.C2H6/c1-2-3-5-16(6-4-12)11-9(7-17)10(13)14-8-15-11;1-2/h7-8H,2-6,12H2,1H3,(H2,13,14,15);1-2H3. The molecule has 4 N–H and O–H groups in total. The number of carbonyl (C=O) groups is 1. The summed E-state index contributed by atoms with van der Waals surface area (Å²) in [7, 11) is 0. The number of nitrogen functional groups attached to an aromatic ring is 1. The number of hydrogen-bond acceptors (Lipinski definition) is 6. The van der Waals surface area contributed by atoms with Gasteiger partial charge >= 0.3 is 0 Å². The van der Waals surface area contributed by atoms with E-state index < -0.39 is 0 Å². The van der Waals surface area contributed by atoms with E-state index in [1.54, 1.807) is 0 Å². The summed E-state index contributed by atoms with van der Waals surface area (Å²) in [6.45, 7) is 8.07. The molecule has 1 aromatic rings. The fourth-order valence-corrected chi connectivity index (χ4v) is 1.59. The highest BCUT2D eigenvalue weighted by atomic mass is 16.1. The van der Waals surface area contributed by atoms with Gasteiger partial charge in [-0.15, -0.1) is 0 Å². The number of rotatable bonds is 7. The summed E-state index contributed by atoms with van der Waals surface area (Å²) in [4.78, 5) is 20.9. The molecule has 108 valence electrons. The van der Waals surface area contributed by atoms with E-state index in [2.05, 4.69) is 16.9 Å². The van der Waals surface area contributed by atoms with Crippen molar-refractivity contribution in [1.29, 1.82) is 0 Å². The number of nitrogens with two attached hydrogens (primary N) is 2. The minimum atomic E-state index is 0.212. The van der Waals surface area contributed by atoms with Gasteiger partial charge in [-0.1, -0.05) is 27.2 Å². The third kappa shape index (κ3) is 5.21. The zero-order valence-electron chi connectivity index (χ0n) is 12.1. The van der Waals surface area contributed by atoms with E-state index in [0.717, 1.165) is 19.4 Å². The Labute approximate surface area is 115 Å². The van der Waals surface area contributed by atoms with Crippen LogP contribution < -0.4 is 16.4 Å². The molecule has 0 saturated heterocycles. The molecular weight excluding hydrogens is 242 g/mol. The Kier molecular flexibility index (Phi) is 9.34. The van der Waals surface area contributed by atoms with Crippen LogP contribution in [0.5, 0.6) is 0 Å². The van der Waals surface area contributed by atoms with Crippen molar-refractivity contribution >= 4 is 17.9 Å². The Morgan fingerprint density at radius 1 is 1.32 bits per heavy atom. The second-order valence-corrected chi connectivity index (χ2v) is 3.74. The van der Waals surface area contributed by atoms with E-state index in [9.17, 15) is 4.79 Å². The van der Waals surface area contributed by atoms with Gasteiger partial charge in [0, 0.05) is 19.6 Å². The predicted octanol–water partition coefficient (Wildman–Crippen LogP) is 1.46. The largest absolute Gasteiger partial charge is 0.383 e. The number of unbranched alkanes of at least 4 members (excludes halogenated alkanes) is 1. The Bertz CT molecular complexity index is 370. The Morgan fingerprint density at radius 3 is 2.53 bits per heavy atom. The van der Waals surface area contributed by atoms with Gasteiger partial charge in [-0.05, 0) is 6.42 Å². The van der Waals surface area contributed by atoms with Crippen molar-refractivity contribution in [3.8, 4) is 0 Å². The third-order valence-electron chi connectivity index (χ3n) is 2.49. The maximum atomic E-state index is 11.0. The van der Waals surface area contributed by atoms with Crippen LogP contribution in [-0.2, 0) is 0 Å². The maximum absolute atomic E-state index is 11.0. The van der Waals surface area contributed by atoms with Crippen LogP contribution in [0.1, 0.15) is 44.0 Å². The van der Waals surface area contributed by atoms with Crippen LogP contribution in [0.4, 0.5) is 11.6 Å².